The lowest BCUT2D eigenvalue weighted by atomic mass is 9.82. The van der Waals surface area contributed by atoms with Gasteiger partial charge in [-0.25, -0.2) is 0 Å². The van der Waals surface area contributed by atoms with Crippen molar-refractivity contribution < 1.29 is 9.53 Å². The zero-order chi connectivity index (χ0) is 20.5. The molecule has 3 nitrogen and oxygen atoms in total. The molecule has 2 fully saturated rings. The smallest absolute Gasteiger partial charge is 0.309 e. The largest absolute Gasteiger partial charge is 0.462 e. The Morgan fingerprint density at radius 3 is 2.31 bits per heavy atom. The van der Waals surface area contributed by atoms with Crippen molar-refractivity contribution in [3.63, 3.8) is 0 Å². The van der Waals surface area contributed by atoms with Gasteiger partial charge in [-0.05, 0) is 69.6 Å². The average Bonchev–Trinajstić information content (AvgIpc) is 2.76. The quantitative estimate of drug-likeness (QED) is 0.296. The molecule has 0 N–H and O–H groups in total. The van der Waals surface area contributed by atoms with Crippen molar-refractivity contribution in [3.05, 3.63) is 0 Å². The Morgan fingerprint density at radius 1 is 0.931 bits per heavy atom. The summed E-state index contributed by atoms with van der Waals surface area (Å²) < 4.78 is 5.92. The summed E-state index contributed by atoms with van der Waals surface area (Å²) in [5.41, 5.74) is 0. The molecule has 0 aromatic rings. The maximum atomic E-state index is 12.7. The van der Waals surface area contributed by atoms with E-state index < -0.39 is 0 Å². The van der Waals surface area contributed by atoms with Gasteiger partial charge in [0.15, 0.2) is 0 Å². The molecule has 0 saturated heterocycles. The summed E-state index contributed by atoms with van der Waals surface area (Å²) in [5.74, 6) is 3.74. The Balaban J connectivity index is 1.34. The summed E-state index contributed by atoms with van der Waals surface area (Å²) in [7, 11) is 0. The minimum absolute atomic E-state index is 0.0941. The van der Waals surface area contributed by atoms with Crippen molar-refractivity contribution in [3.8, 4) is 0 Å². The Labute approximate surface area is 183 Å². The number of aliphatic imine (C=N–C) groups is 1. The molecule has 1 aliphatic heterocycles. The molecule has 0 amide bonds. The maximum absolute atomic E-state index is 12.7. The zero-order valence-electron chi connectivity index (χ0n) is 18.9. The predicted molar refractivity (Wildman–Crippen MR) is 125 cm³/mol. The topological polar surface area (TPSA) is 38.7 Å². The van der Waals surface area contributed by atoms with Gasteiger partial charge in [-0.3, -0.25) is 9.79 Å². The highest BCUT2D eigenvalue weighted by Gasteiger charge is 2.33. The number of rotatable bonds is 9. The van der Waals surface area contributed by atoms with Crippen LogP contribution in [0.25, 0.3) is 0 Å². The second kappa shape index (κ2) is 12.4. The van der Waals surface area contributed by atoms with Crippen LogP contribution in [0, 0.1) is 23.7 Å². The Bertz CT molecular complexity index is 519. The number of hydrogen-bond donors (Lipinski definition) is 0. The van der Waals surface area contributed by atoms with E-state index in [1.165, 1.54) is 62.2 Å². The molecular weight excluding hydrogens is 378 g/mol. The van der Waals surface area contributed by atoms with Crippen LogP contribution in [0.3, 0.4) is 0 Å². The van der Waals surface area contributed by atoms with Gasteiger partial charge in [0, 0.05) is 18.2 Å². The summed E-state index contributed by atoms with van der Waals surface area (Å²) in [6.45, 7) is 5.58. The van der Waals surface area contributed by atoms with Crippen LogP contribution < -0.4 is 0 Å². The van der Waals surface area contributed by atoms with Gasteiger partial charge in [0.2, 0.25) is 0 Å². The van der Waals surface area contributed by atoms with E-state index in [9.17, 15) is 4.79 Å². The number of esters is 1. The van der Waals surface area contributed by atoms with Crippen LogP contribution in [0.2, 0.25) is 0 Å². The van der Waals surface area contributed by atoms with E-state index in [1.54, 1.807) is 0 Å². The van der Waals surface area contributed by atoms with Crippen LogP contribution in [-0.4, -0.2) is 29.4 Å². The number of unbranched alkanes of at least 4 members (excludes halogenated alkanes) is 2. The van der Waals surface area contributed by atoms with Crippen molar-refractivity contribution in [1.82, 2.24) is 0 Å². The summed E-state index contributed by atoms with van der Waals surface area (Å²) >= 11 is 2.01. The molecule has 1 atom stereocenters. The minimum atomic E-state index is 0.0941. The fraction of sp³-hybridized carbons (Fsp3) is 0.920. The van der Waals surface area contributed by atoms with E-state index in [1.807, 2.05) is 11.8 Å². The van der Waals surface area contributed by atoms with Gasteiger partial charge in [0.05, 0.1) is 11.0 Å². The van der Waals surface area contributed by atoms with Gasteiger partial charge in [-0.1, -0.05) is 46.0 Å². The lowest BCUT2D eigenvalue weighted by molar-refractivity contribution is -0.157. The predicted octanol–water partition coefficient (Wildman–Crippen LogP) is 7.04. The van der Waals surface area contributed by atoms with Gasteiger partial charge in [-0.2, -0.15) is 0 Å². The molecule has 0 radical (unpaired) electrons. The van der Waals surface area contributed by atoms with Gasteiger partial charge in [-0.15, -0.1) is 11.8 Å². The summed E-state index contributed by atoms with van der Waals surface area (Å²) in [6, 6.07) is 0. The molecule has 0 bridgehead atoms. The van der Waals surface area contributed by atoms with Crippen molar-refractivity contribution in [2.75, 3.05) is 12.3 Å². The first kappa shape index (κ1) is 23.2. The monoisotopic (exact) mass is 421 g/mol. The number of carbonyl (C=O) groups is 1. The van der Waals surface area contributed by atoms with E-state index in [-0.39, 0.29) is 18.0 Å². The lowest BCUT2D eigenvalue weighted by Gasteiger charge is -2.32. The maximum Gasteiger partial charge on any atom is 0.309 e. The van der Waals surface area contributed by atoms with Crippen molar-refractivity contribution in [2.24, 2.45) is 28.7 Å². The van der Waals surface area contributed by atoms with Crippen LogP contribution in [0.5, 0.6) is 0 Å². The van der Waals surface area contributed by atoms with Crippen LogP contribution in [0.15, 0.2) is 4.99 Å². The molecular formula is C25H43NO2S. The van der Waals surface area contributed by atoms with E-state index in [2.05, 4.69) is 13.8 Å². The molecule has 3 aliphatic rings. The summed E-state index contributed by atoms with van der Waals surface area (Å²) in [5, 5.41) is 1.39. The molecule has 2 saturated carbocycles. The molecule has 0 aromatic carbocycles. The number of thioether (sulfide) groups is 1. The number of ether oxygens (including phenoxy) is 1. The van der Waals surface area contributed by atoms with Gasteiger partial charge >= 0.3 is 5.97 Å². The fourth-order valence-corrected chi connectivity index (χ4v) is 6.72. The first-order valence-corrected chi connectivity index (χ1v) is 13.6. The molecule has 1 heterocycles. The van der Waals surface area contributed by atoms with Crippen molar-refractivity contribution >= 4 is 22.8 Å². The fourth-order valence-electron chi connectivity index (χ4n) is 5.41. The van der Waals surface area contributed by atoms with Crippen LogP contribution in [-0.2, 0) is 9.53 Å². The Hall–Kier alpha value is -0.510. The number of nitrogens with zero attached hydrogens (tertiary/aromatic N) is 1. The third-order valence-electron chi connectivity index (χ3n) is 7.37. The van der Waals surface area contributed by atoms with E-state index in [0.717, 1.165) is 56.9 Å². The molecule has 1 unspecified atom stereocenters. The van der Waals surface area contributed by atoms with Crippen molar-refractivity contribution in [2.45, 2.75) is 110 Å². The van der Waals surface area contributed by atoms with Crippen LogP contribution in [0.1, 0.15) is 104 Å². The van der Waals surface area contributed by atoms with E-state index >= 15 is 0 Å². The molecule has 3 rings (SSSR count). The first-order valence-electron chi connectivity index (χ1n) is 12.6. The highest BCUT2D eigenvalue weighted by Crippen LogP contribution is 2.37. The highest BCUT2D eigenvalue weighted by atomic mass is 32.2. The lowest BCUT2D eigenvalue weighted by Crippen LogP contribution is -2.31. The highest BCUT2D eigenvalue weighted by molar-refractivity contribution is 8.14. The minimum Gasteiger partial charge on any atom is -0.462 e. The van der Waals surface area contributed by atoms with Gasteiger partial charge < -0.3 is 4.74 Å². The standard InChI is InChI=1S/C25H43NO2S/c1-3-5-6-8-20-17-26-24(29-18-20)21-11-13-22(14-12-21)25(27)28-23-15-9-19(7-4-2)10-16-23/h19-23H,3-18H2,1-2H3. The number of carbonyl (C=O) groups excluding carboxylic acids is 1. The molecule has 166 valence electrons. The molecule has 0 aromatic heterocycles. The van der Waals surface area contributed by atoms with E-state index in [0.29, 0.717) is 5.92 Å². The Kier molecular flexibility index (Phi) is 9.88. The van der Waals surface area contributed by atoms with Gasteiger partial charge in [0.1, 0.15) is 6.10 Å². The van der Waals surface area contributed by atoms with Crippen molar-refractivity contribution in [1.29, 1.82) is 0 Å². The molecule has 4 heteroatoms. The average molecular weight is 422 g/mol. The normalized spacial score (nSPS) is 33.2. The molecule has 0 spiro atoms. The molecule has 2 aliphatic carbocycles. The number of hydrogen-bond acceptors (Lipinski definition) is 4. The van der Waals surface area contributed by atoms with Crippen LogP contribution >= 0.6 is 11.8 Å². The van der Waals surface area contributed by atoms with E-state index in [4.69, 9.17) is 9.73 Å². The second-order valence-corrected chi connectivity index (χ2v) is 10.8. The molecule has 29 heavy (non-hydrogen) atoms. The van der Waals surface area contributed by atoms with Gasteiger partial charge in [0.25, 0.3) is 0 Å². The SMILES string of the molecule is CCCCCC1CN=C(C2CCC(C(=O)OC3CCC(CCC)CC3)CC2)SC1. The zero-order valence-corrected chi connectivity index (χ0v) is 19.7. The summed E-state index contributed by atoms with van der Waals surface area (Å²) in [6.07, 6.45) is 17.1. The third kappa shape index (κ3) is 7.29. The Morgan fingerprint density at radius 2 is 1.69 bits per heavy atom. The first-order chi connectivity index (χ1) is 14.2. The summed E-state index contributed by atoms with van der Waals surface area (Å²) in [4.78, 5) is 17.6. The van der Waals surface area contributed by atoms with Crippen LogP contribution in [0.4, 0.5) is 0 Å². The second-order valence-electron chi connectivity index (χ2n) is 9.77. The third-order valence-corrected chi connectivity index (χ3v) is 8.77.